The first-order chi connectivity index (χ1) is 12.5. The third-order valence-corrected chi connectivity index (χ3v) is 5.23. The molecular formula is C18H25N7O. The van der Waals surface area contributed by atoms with Crippen LogP contribution in [0.25, 0.3) is 0 Å². The predicted octanol–water partition coefficient (Wildman–Crippen LogP) is 2.01. The quantitative estimate of drug-likeness (QED) is 0.756. The molecule has 2 aromatic heterocycles. The van der Waals surface area contributed by atoms with E-state index in [-0.39, 0.29) is 11.9 Å². The van der Waals surface area contributed by atoms with E-state index in [1.807, 2.05) is 11.0 Å². The molecule has 1 fully saturated rings. The summed E-state index contributed by atoms with van der Waals surface area (Å²) in [5.41, 5.74) is 8.85. The van der Waals surface area contributed by atoms with Gasteiger partial charge in [0.2, 0.25) is 11.9 Å². The van der Waals surface area contributed by atoms with E-state index in [0.717, 1.165) is 67.2 Å². The van der Waals surface area contributed by atoms with Gasteiger partial charge >= 0.3 is 0 Å². The van der Waals surface area contributed by atoms with Gasteiger partial charge in [-0.2, -0.15) is 10.1 Å². The predicted molar refractivity (Wildman–Crippen MR) is 99.6 cm³/mol. The number of carbonyl (C=O) groups is 1. The second-order valence-electron chi connectivity index (χ2n) is 7.39. The number of hydrogen-bond acceptors (Lipinski definition) is 6. The normalized spacial score (nSPS) is 19.2. The Kier molecular flexibility index (Phi) is 4.26. The number of anilines is 3. The standard InChI is InChI=1S/C18H25N7O/c1-10(2)13-9-15(24-23-13)21-17-11-5-3-6-12(11)20-18(22-17)25-8-4-7-14(25)16(19)26/h9-10,14H,3-8H2,1-2H3,(H2,19,26)(H2,20,21,22,23,24)/t14-/m0/s1. The van der Waals surface area contributed by atoms with Gasteiger partial charge in [0.1, 0.15) is 11.9 Å². The fourth-order valence-electron chi connectivity index (χ4n) is 3.77. The van der Waals surface area contributed by atoms with E-state index in [0.29, 0.717) is 11.9 Å². The van der Waals surface area contributed by atoms with E-state index in [4.69, 9.17) is 15.7 Å². The van der Waals surface area contributed by atoms with Crippen LogP contribution >= 0.6 is 0 Å². The van der Waals surface area contributed by atoms with Crippen molar-refractivity contribution in [2.45, 2.75) is 57.9 Å². The number of rotatable bonds is 5. The van der Waals surface area contributed by atoms with Gasteiger partial charge in [-0.25, -0.2) is 4.98 Å². The zero-order chi connectivity index (χ0) is 18.3. The van der Waals surface area contributed by atoms with Gasteiger partial charge < -0.3 is 16.0 Å². The van der Waals surface area contributed by atoms with Crippen LogP contribution in [0.3, 0.4) is 0 Å². The second-order valence-corrected chi connectivity index (χ2v) is 7.39. The molecule has 0 aromatic carbocycles. The van der Waals surface area contributed by atoms with Gasteiger partial charge in [-0.15, -0.1) is 0 Å². The lowest BCUT2D eigenvalue weighted by Gasteiger charge is -2.23. The summed E-state index contributed by atoms with van der Waals surface area (Å²) in [5.74, 6) is 2.20. The van der Waals surface area contributed by atoms with Crippen molar-refractivity contribution in [2.75, 3.05) is 16.8 Å². The molecule has 138 valence electrons. The summed E-state index contributed by atoms with van der Waals surface area (Å²) < 4.78 is 0. The van der Waals surface area contributed by atoms with Gasteiger partial charge in [0.15, 0.2) is 5.82 Å². The number of nitrogens with two attached hydrogens (primary N) is 1. The van der Waals surface area contributed by atoms with Crippen LogP contribution in [-0.4, -0.2) is 38.7 Å². The van der Waals surface area contributed by atoms with Crippen molar-refractivity contribution in [3.8, 4) is 0 Å². The molecule has 2 aromatic rings. The van der Waals surface area contributed by atoms with E-state index in [1.165, 1.54) is 0 Å². The first kappa shape index (κ1) is 16.8. The average molecular weight is 355 g/mol. The Morgan fingerprint density at radius 3 is 2.92 bits per heavy atom. The Hall–Kier alpha value is -2.64. The van der Waals surface area contributed by atoms with Crippen LogP contribution in [0.4, 0.5) is 17.6 Å². The largest absolute Gasteiger partial charge is 0.368 e. The Labute approximate surface area is 152 Å². The third-order valence-electron chi connectivity index (χ3n) is 5.23. The number of H-pyrrole nitrogens is 1. The molecular weight excluding hydrogens is 330 g/mol. The Morgan fingerprint density at radius 1 is 1.35 bits per heavy atom. The number of carbonyl (C=O) groups excluding carboxylic acids is 1. The van der Waals surface area contributed by atoms with Gasteiger partial charge in [0.25, 0.3) is 0 Å². The lowest BCUT2D eigenvalue weighted by molar-refractivity contribution is -0.119. The summed E-state index contributed by atoms with van der Waals surface area (Å²) in [5, 5.41) is 10.8. The van der Waals surface area contributed by atoms with Crippen LogP contribution in [0, 0.1) is 0 Å². The molecule has 1 amide bonds. The highest BCUT2D eigenvalue weighted by atomic mass is 16.1. The molecule has 2 aliphatic rings. The van der Waals surface area contributed by atoms with Crippen molar-refractivity contribution in [1.29, 1.82) is 0 Å². The van der Waals surface area contributed by atoms with Gasteiger partial charge in [-0.1, -0.05) is 13.8 Å². The van der Waals surface area contributed by atoms with Crippen LogP contribution in [0.5, 0.6) is 0 Å². The molecule has 0 saturated carbocycles. The lowest BCUT2D eigenvalue weighted by atomic mass is 10.1. The maximum Gasteiger partial charge on any atom is 0.240 e. The molecule has 26 heavy (non-hydrogen) atoms. The highest BCUT2D eigenvalue weighted by molar-refractivity contribution is 5.83. The van der Waals surface area contributed by atoms with Crippen LogP contribution in [-0.2, 0) is 17.6 Å². The zero-order valence-corrected chi connectivity index (χ0v) is 15.2. The van der Waals surface area contributed by atoms with Gasteiger partial charge in [-0.3, -0.25) is 9.89 Å². The number of nitrogens with one attached hydrogen (secondary N) is 2. The van der Waals surface area contributed by atoms with E-state index in [9.17, 15) is 4.79 Å². The minimum absolute atomic E-state index is 0.310. The number of aromatic amines is 1. The van der Waals surface area contributed by atoms with Crippen LogP contribution < -0.4 is 16.0 Å². The minimum Gasteiger partial charge on any atom is -0.368 e. The van der Waals surface area contributed by atoms with Gasteiger partial charge in [0.05, 0.1) is 5.69 Å². The molecule has 3 heterocycles. The van der Waals surface area contributed by atoms with Crippen molar-refractivity contribution in [2.24, 2.45) is 5.73 Å². The highest BCUT2D eigenvalue weighted by Gasteiger charge is 2.32. The summed E-state index contributed by atoms with van der Waals surface area (Å²) >= 11 is 0. The minimum atomic E-state index is -0.319. The summed E-state index contributed by atoms with van der Waals surface area (Å²) in [6.45, 7) is 5.00. The van der Waals surface area contributed by atoms with Crippen molar-refractivity contribution in [3.05, 3.63) is 23.0 Å². The lowest BCUT2D eigenvalue weighted by Crippen LogP contribution is -2.41. The van der Waals surface area contributed by atoms with Crippen LogP contribution in [0.1, 0.15) is 56.0 Å². The first-order valence-electron chi connectivity index (χ1n) is 9.31. The first-order valence-corrected chi connectivity index (χ1v) is 9.31. The van der Waals surface area contributed by atoms with Crippen molar-refractivity contribution >= 4 is 23.5 Å². The molecule has 0 spiro atoms. The molecule has 0 radical (unpaired) electrons. The molecule has 0 bridgehead atoms. The summed E-state index contributed by atoms with van der Waals surface area (Å²) in [4.78, 5) is 23.2. The summed E-state index contributed by atoms with van der Waals surface area (Å²) in [6.07, 6.45) is 4.65. The molecule has 4 rings (SSSR count). The fraction of sp³-hybridized carbons (Fsp3) is 0.556. The Balaban J connectivity index is 1.67. The van der Waals surface area contributed by atoms with Crippen LogP contribution in [0.15, 0.2) is 6.07 Å². The van der Waals surface area contributed by atoms with Crippen molar-refractivity contribution < 1.29 is 4.79 Å². The molecule has 8 nitrogen and oxygen atoms in total. The summed E-state index contributed by atoms with van der Waals surface area (Å²) in [6, 6.07) is 1.69. The molecule has 0 unspecified atom stereocenters. The SMILES string of the molecule is CC(C)c1cc(Nc2nc(N3CCC[C@H]3C(N)=O)nc3c2CCC3)n[nH]1. The molecule has 1 aliphatic carbocycles. The number of nitrogens with zero attached hydrogens (tertiary/aromatic N) is 4. The Morgan fingerprint density at radius 2 is 2.19 bits per heavy atom. The molecule has 8 heteroatoms. The maximum absolute atomic E-state index is 11.8. The molecule has 1 atom stereocenters. The number of primary amides is 1. The molecule has 4 N–H and O–H groups in total. The Bertz CT molecular complexity index is 829. The van der Waals surface area contributed by atoms with E-state index >= 15 is 0 Å². The zero-order valence-electron chi connectivity index (χ0n) is 15.2. The maximum atomic E-state index is 11.8. The monoisotopic (exact) mass is 355 g/mol. The number of aromatic nitrogens is 4. The van der Waals surface area contributed by atoms with E-state index in [1.54, 1.807) is 0 Å². The van der Waals surface area contributed by atoms with Gasteiger partial charge in [0, 0.05) is 23.9 Å². The number of hydrogen-bond donors (Lipinski definition) is 3. The van der Waals surface area contributed by atoms with Crippen molar-refractivity contribution in [3.63, 3.8) is 0 Å². The number of aryl methyl sites for hydroxylation is 1. The molecule has 1 saturated heterocycles. The smallest absolute Gasteiger partial charge is 0.240 e. The average Bonchev–Trinajstić information content (AvgIpc) is 3.34. The van der Waals surface area contributed by atoms with E-state index in [2.05, 4.69) is 29.4 Å². The van der Waals surface area contributed by atoms with Crippen LogP contribution in [0.2, 0.25) is 0 Å². The molecule has 1 aliphatic heterocycles. The number of fused-ring (bicyclic) bond motifs is 1. The summed E-state index contributed by atoms with van der Waals surface area (Å²) in [7, 11) is 0. The third kappa shape index (κ3) is 3.00. The second kappa shape index (κ2) is 6.59. The number of amides is 1. The van der Waals surface area contributed by atoms with E-state index < -0.39 is 0 Å². The van der Waals surface area contributed by atoms with Gasteiger partial charge in [-0.05, 0) is 38.0 Å². The van der Waals surface area contributed by atoms with Crippen molar-refractivity contribution in [1.82, 2.24) is 20.2 Å². The highest BCUT2D eigenvalue weighted by Crippen LogP contribution is 2.32. The topological polar surface area (TPSA) is 113 Å². The fourth-order valence-corrected chi connectivity index (χ4v) is 3.77.